The summed E-state index contributed by atoms with van der Waals surface area (Å²) in [5, 5.41) is 16.4. The van der Waals surface area contributed by atoms with E-state index in [1.165, 1.54) is 17.0 Å². The van der Waals surface area contributed by atoms with Crippen molar-refractivity contribution in [2.45, 2.75) is 43.5 Å². The Morgan fingerprint density at radius 2 is 1.53 bits per heavy atom. The second kappa shape index (κ2) is 10.5. The number of primary sulfonamides is 1. The van der Waals surface area contributed by atoms with Crippen molar-refractivity contribution in [1.29, 1.82) is 0 Å². The maximum absolute atomic E-state index is 13.3. The number of sulfonamides is 1. The molecule has 3 aromatic rings. The van der Waals surface area contributed by atoms with Gasteiger partial charge in [-0.1, -0.05) is 85.2 Å². The molecular weight excluding hydrogens is 568 g/mol. The predicted molar refractivity (Wildman–Crippen MR) is 150 cm³/mol. The molecule has 3 aromatic carbocycles. The molecule has 9 heteroatoms. The third-order valence-electron chi connectivity index (χ3n) is 6.64. The van der Waals surface area contributed by atoms with Crippen LogP contribution in [0, 0.1) is 0 Å². The molecule has 198 valence electrons. The van der Waals surface area contributed by atoms with E-state index in [1.807, 2.05) is 24.3 Å². The van der Waals surface area contributed by atoms with Crippen LogP contribution in [0.5, 0.6) is 0 Å². The smallest absolute Gasteiger partial charge is 0.295 e. The maximum atomic E-state index is 13.3. The van der Waals surface area contributed by atoms with E-state index in [9.17, 15) is 23.1 Å². The molecular formula is C29H29BrN2O5S. The molecule has 1 fully saturated rings. The first kappa shape index (κ1) is 27.8. The van der Waals surface area contributed by atoms with Crippen molar-refractivity contribution in [3.8, 4) is 0 Å². The Morgan fingerprint density at radius 3 is 2.05 bits per heavy atom. The highest BCUT2D eigenvalue weighted by Gasteiger charge is 2.45. The van der Waals surface area contributed by atoms with Gasteiger partial charge in [0, 0.05) is 16.6 Å². The highest BCUT2D eigenvalue weighted by Crippen LogP contribution is 2.40. The molecule has 1 saturated heterocycles. The van der Waals surface area contributed by atoms with Crippen LogP contribution in [0.2, 0.25) is 0 Å². The molecule has 1 aliphatic heterocycles. The number of Topliss-reactive ketones (excluding diaryl/α,β-unsaturated/α-hetero) is 1. The Hall–Kier alpha value is -3.27. The molecule has 0 aliphatic carbocycles. The van der Waals surface area contributed by atoms with Gasteiger partial charge in [0.05, 0.1) is 16.5 Å². The van der Waals surface area contributed by atoms with Crippen LogP contribution in [0.3, 0.4) is 0 Å². The Bertz CT molecular complexity index is 1510. The number of benzene rings is 3. The van der Waals surface area contributed by atoms with Gasteiger partial charge < -0.3 is 10.0 Å². The first-order valence-corrected chi connectivity index (χ1v) is 14.4. The number of carbonyl (C=O) groups is 2. The van der Waals surface area contributed by atoms with Crippen molar-refractivity contribution < 1.29 is 23.1 Å². The topological polar surface area (TPSA) is 118 Å². The van der Waals surface area contributed by atoms with Crippen LogP contribution in [0.1, 0.15) is 49.1 Å². The largest absolute Gasteiger partial charge is 0.507 e. The standard InChI is InChI=1S/C29H29BrN2O5S/c1-29(2,3)21-10-6-19(7-11-21)25-24(26(33)20-8-12-22(30)13-9-20)27(34)28(35)32(25)17-16-18-4-14-23(15-5-18)38(31,36)37/h4-15,25,33H,16-17H2,1-3H3,(H2,31,36,37)/t25-/m0/s1. The Kier molecular flexibility index (Phi) is 7.65. The van der Waals surface area contributed by atoms with E-state index in [0.717, 1.165) is 15.6 Å². The highest BCUT2D eigenvalue weighted by atomic mass is 79.9. The molecule has 38 heavy (non-hydrogen) atoms. The SMILES string of the molecule is CC(C)(C)c1ccc([C@H]2C(=C(O)c3ccc(Br)cc3)C(=O)C(=O)N2CCc2ccc(S(N)(=O)=O)cc2)cc1. The lowest BCUT2D eigenvalue weighted by Gasteiger charge is -2.26. The summed E-state index contributed by atoms with van der Waals surface area (Å²) in [6, 6.07) is 19.9. The summed E-state index contributed by atoms with van der Waals surface area (Å²) in [6.07, 6.45) is 0.368. The van der Waals surface area contributed by atoms with E-state index in [0.29, 0.717) is 17.5 Å². The maximum Gasteiger partial charge on any atom is 0.295 e. The molecule has 0 saturated carbocycles. The minimum absolute atomic E-state index is 0.00451. The molecule has 4 rings (SSSR count). The number of carbonyl (C=O) groups excluding carboxylic acids is 2. The van der Waals surface area contributed by atoms with Crippen molar-refractivity contribution in [2.75, 3.05) is 6.54 Å². The number of nitrogens with two attached hydrogens (primary N) is 1. The van der Waals surface area contributed by atoms with Gasteiger partial charge in [-0.15, -0.1) is 0 Å². The average molecular weight is 598 g/mol. The first-order valence-electron chi connectivity index (χ1n) is 12.0. The van der Waals surface area contributed by atoms with Crippen LogP contribution in [0.4, 0.5) is 0 Å². The van der Waals surface area contributed by atoms with Crippen LogP contribution in [-0.2, 0) is 31.4 Å². The number of aliphatic hydroxyl groups excluding tert-OH is 1. The van der Waals surface area contributed by atoms with Crippen LogP contribution in [-0.4, -0.2) is 36.7 Å². The van der Waals surface area contributed by atoms with Gasteiger partial charge in [0.2, 0.25) is 10.0 Å². The number of amides is 1. The van der Waals surface area contributed by atoms with Gasteiger partial charge in [0.25, 0.3) is 11.7 Å². The Morgan fingerprint density at radius 1 is 0.947 bits per heavy atom. The lowest BCUT2D eigenvalue weighted by molar-refractivity contribution is -0.139. The molecule has 1 atom stereocenters. The van der Waals surface area contributed by atoms with E-state index in [2.05, 4.69) is 36.7 Å². The summed E-state index contributed by atoms with van der Waals surface area (Å²) in [7, 11) is -3.82. The van der Waals surface area contributed by atoms with E-state index in [-0.39, 0.29) is 28.2 Å². The zero-order chi connectivity index (χ0) is 27.8. The monoisotopic (exact) mass is 596 g/mol. The molecule has 1 heterocycles. The van der Waals surface area contributed by atoms with Crippen LogP contribution in [0.15, 0.2) is 87.7 Å². The molecule has 0 bridgehead atoms. The number of hydrogen-bond acceptors (Lipinski definition) is 5. The minimum Gasteiger partial charge on any atom is -0.507 e. The number of halogens is 1. The summed E-state index contributed by atoms with van der Waals surface area (Å²) >= 11 is 3.37. The lowest BCUT2D eigenvalue weighted by atomic mass is 9.85. The van der Waals surface area contributed by atoms with Crippen LogP contribution < -0.4 is 5.14 Å². The number of ketones is 1. The van der Waals surface area contributed by atoms with E-state index < -0.39 is 27.8 Å². The van der Waals surface area contributed by atoms with E-state index in [4.69, 9.17) is 5.14 Å². The van der Waals surface area contributed by atoms with Crippen LogP contribution in [0.25, 0.3) is 5.76 Å². The number of aliphatic hydroxyl groups is 1. The second-order valence-electron chi connectivity index (χ2n) is 10.3. The first-order chi connectivity index (χ1) is 17.8. The van der Waals surface area contributed by atoms with Gasteiger partial charge in [-0.3, -0.25) is 9.59 Å². The van der Waals surface area contributed by atoms with Gasteiger partial charge in [-0.05, 0) is 52.8 Å². The lowest BCUT2D eigenvalue weighted by Crippen LogP contribution is -2.31. The fraction of sp³-hybridized carbons (Fsp3) is 0.241. The number of rotatable bonds is 6. The summed E-state index contributed by atoms with van der Waals surface area (Å²) in [6.45, 7) is 6.48. The third kappa shape index (κ3) is 5.75. The van der Waals surface area contributed by atoms with Gasteiger partial charge in [0.1, 0.15) is 5.76 Å². The van der Waals surface area contributed by atoms with Crippen molar-refractivity contribution in [3.05, 3.63) is 105 Å². The molecule has 7 nitrogen and oxygen atoms in total. The zero-order valence-electron chi connectivity index (χ0n) is 21.3. The summed E-state index contributed by atoms with van der Waals surface area (Å²) < 4.78 is 24.0. The fourth-order valence-corrected chi connectivity index (χ4v) is 5.26. The molecule has 0 aromatic heterocycles. The molecule has 0 spiro atoms. The molecule has 0 radical (unpaired) electrons. The van der Waals surface area contributed by atoms with Gasteiger partial charge >= 0.3 is 0 Å². The summed E-state index contributed by atoms with van der Waals surface area (Å²) in [5.74, 6) is -1.68. The summed E-state index contributed by atoms with van der Waals surface area (Å²) in [4.78, 5) is 28.0. The number of nitrogens with zero attached hydrogens (tertiary/aromatic N) is 1. The molecule has 3 N–H and O–H groups in total. The molecule has 1 amide bonds. The molecule has 1 aliphatic rings. The summed E-state index contributed by atoms with van der Waals surface area (Å²) in [5.41, 5.74) is 2.96. The van der Waals surface area contributed by atoms with E-state index >= 15 is 0 Å². The van der Waals surface area contributed by atoms with Gasteiger partial charge in [-0.25, -0.2) is 13.6 Å². The predicted octanol–water partition coefficient (Wildman–Crippen LogP) is 5.06. The van der Waals surface area contributed by atoms with E-state index in [1.54, 1.807) is 36.4 Å². The van der Waals surface area contributed by atoms with Crippen LogP contribution >= 0.6 is 15.9 Å². The Balaban J connectivity index is 1.74. The van der Waals surface area contributed by atoms with Crippen molar-refractivity contribution in [2.24, 2.45) is 5.14 Å². The molecule has 0 unspecified atom stereocenters. The third-order valence-corrected chi connectivity index (χ3v) is 8.10. The van der Waals surface area contributed by atoms with Gasteiger partial charge in [0.15, 0.2) is 0 Å². The van der Waals surface area contributed by atoms with Gasteiger partial charge in [-0.2, -0.15) is 0 Å². The van der Waals surface area contributed by atoms with Crippen molar-refractivity contribution >= 4 is 43.4 Å². The second-order valence-corrected chi connectivity index (χ2v) is 12.8. The average Bonchev–Trinajstić information content (AvgIpc) is 3.11. The minimum atomic E-state index is -3.82. The number of hydrogen-bond donors (Lipinski definition) is 2. The quantitative estimate of drug-likeness (QED) is 0.234. The highest BCUT2D eigenvalue weighted by molar-refractivity contribution is 9.10. The number of likely N-dealkylation sites (tertiary alicyclic amines) is 1. The van der Waals surface area contributed by atoms with Crippen molar-refractivity contribution in [1.82, 2.24) is 4.90 Å². The zero-order valence-corrected chi connectivity index (χ0v) is 23.7. The fourth-order valence-electron chi connectivity index (χ4n) is 4.48. The van der Waals surface area contributed by atoms with Crippen molar-refractivity contribution in [3.63, 3.8) is 0 Å². The Labute approximate surface area is 231 Å². The normalized spacial score (nSPS) is 17.7.